The smallest absolute Gasteiger partial charge is 0.254 e. The highest BCUT2D eigenvalue weighted by Gasteiger charge is 2.24. The Kier molecular flexibility index (Phi) is 7.50. The van der Waals surface area contributed by atoms with E-state index in [1.54, 1.807) is 41.1 Å². The van der Waals surface area contributed by atoms with Crippen molar-refractivity contribution in [3.8, 4) is 5.69 Å². The van der Waals surface area contributed by atoms with Gasteiger partial charge in [0.2, 0.25) is 5.91 Å². The molecule has 0 fully saturated rings. The van der Waals surface area contributed by atoms with Crippen LogP contribution in [0.25, 0.3) is 5.69 Å². The van der Waals surface area contributed by atoms with E-state index < -0.39 is 0 Å². The number of benzene rings is 2. The maximum Gasteiger partial charge on any atom is 0.254 e. The van der Waals surface area contributed by atoms with Crippen molar-refractivity contribution in [3.05, 3.63) is 75.9 Å². The van der Waals surface area contributed by atoms with Crippen molar-refractivity contribution < 1.29 is 9.59 Å². The number of nitrogens with one attached hydrogen (secondary N) is 1. The molecule has 3 aromatic rings. The number of amides is 2. The fourth-order valence-corrected chi connectivity index (χ4v) is 3.45. The third-order valence-corrected chi connectivity index (χ3v) is 5.61. The predicted molar refractivity (Wildman–Crippen MR) is 134 cm³/mol. The van der Waals surface area contributed by atoms with E-state index in [2.05, 4.69) is 26.1 Å². The van der Waals surface area contributed by atoms with Crippen LogP contribution in [0.4, 0.5) is 5.82 Å². The molecule has 1 heterocycles. The average molecular weight is 487 g/mol. The average Bonchev–Trinajstić information content (AvgIpc) is 3.16. The minimum Gasteiger partial charge on any atom is -0.327 e. The molecule has 0 atom stereocenters. The number of nitrogens with zero attached hydrogens (tertiary/aromatic N) is 3. The van der Waals surface area contributed by atoms with Crippen molar-refractivity contribution in [2.75, 3.05) is 11.9 Å². The molecule has 2 amide bonds. The molecule has 0 saturated carbocycles. The summed E-state index contributed by atoms with van der Waals surface area (Å²) in [7, 11) is 0. The summed E-state index contributed by atoms with van der Waals surface area (Å²) in [6.07, 6.45) is 0. The van der Waals surface area contributed by atoms with Gasteiger partial charge in [-0.25, -0.2) is 4.68 Å². The lowest BCUT2D eigenvalue weighted by Gasteiger charge is -2.26. The van der Waals surface area contributed by atoms with Crippen molar-refractivity contribution in [1.29, 1.82) is 0 Å². The van der Waals surface area contributed by atoms with Crippen molar-refractivity contribution in [2.45, 2.75) is 46.1 Å². The number of carbonyl (C=O) groups is 2. The highest BCUT2D eigenvalue weighted by Crippen LogP contribution is 2.27. The Morgan fingerprint density at radius 1 is 1.00 bits per heavy atom. The van der Waals surface area contributed by atoms with Crippen molar-refractivity contribution in [1.82, 2.24) is 14.7 Å². The molecule has 33 heavy (non-hydrogen) atoms. The van der Waals surface area contributed by atoms with Gasteiger partial charge in [-0.15, -0.1) is 0 Å². The van der Waals surface area contributed by atoms with Crippen LogP contribution in [0.2, 0.25) is 10.0 Å². The third-order valence-electron chi connectivity index (χ3n) is 5.11. The molecule has 0 bridgehead atoms. The first kappa shape index (κ1) is 24.8. The molecule has 1 aromatic heterocycles. The van der Waals surface area contributed by atoms with Crippen LogP contribution in [0.1, 0.15) is 50.7 Å². The van der Waals surface area contributed by atoms with Crippen LogP contribution < -0.4 is 5.32 Å². The first-order valence-corrected chi connectivity index (χ1v) is 11.4. The largest absolute Gasteiger partial charge is 0.327 e. The van der Waals surface area contributed by atoms with Crippen LogP contribution in [0.15, 0.2) is 54.6 Å². The Morgan fingerprint density at radius 3 is 2.06 bits per heavy atom. The van der Waals surface area contributed by atoms with Crippen LogP contribution in [-0.4, -0.2) is 39.1 Å². The van der Waals surface area contributed by atoms with E-state index in [1.165, 1.54) is 4.90 Å². The number of anilines is 1. The molecule has 0 spiro atoms. The molecule has 3 rings (SSSR count). The van der Waals surface area contributed by atoms with Gasteiger partial charge in [0.15, 0.2) is 0 Å². The Balaban J connectivity index is 1.86. The number of aromatic nitrogens is 2. The normalized spacial score (nSPS) is 11.5. The monoisotopic (exact) mass is 486 g/mol. The summed E-state index contributed by atoms with van der Waals surface area (Å²) in [5.74, 6) is -0.0325. The van der Waals surface area contributed by atoms with E-state index in [-0.39, 0.29) is 29.8 Å². The van der Waals surface area contributed by atoms with Gasteiger partial charge in [-0.2, -0.15) is 5.10 Å². The number of hydrogen-bond donors (Lipinski definition) is 1. The second kappa shape index (κ2) is 9.98. The van der Waals surface area contributed by atoms with Crippen molar-refractivity contribution in [3.63, 3.8) is 0 Å². The first-order chi connectivity index (χ1) is 15.5. The van der Waals surface area contributed by atoms with Crippen molar-refractivity contribution in [2.24, 2.45) is 0 Å². The molecule has 0 unspecified atom stereocenters. The van der Waals surface area contributed by atoms with Crippen LogP contribution in [0, 0.1) is 0 Å². The molecule has 1 N–H and O–H groups in total. The minimum atomic E-state index is -0.318. The van der Waals surface area contributed by atoms with Gasteiger partial charge in [-0.3, -0.25) is 9.59 Å². The first-order valence-electron chi connectivity index (χ1n) is 10.7. The van der Waals surface area contributed by atoms with Gasteiger partial charge in [0.05, 0.1) is 11.4 Å². The van der Waals surface area contributed by atoms with Gasteiger partial charge in [0, 0.05) is 33.1 Å². The minimum absolute atomic E-state index is 0.101. The van der Waals surface area contributed by atoms with Crippen LogP contribution in [-0.2, 0) is 10.2 Å². The van der Waals surface area contributed by atoms with Crippen molar-refractivity contribution >= 4 is 40.8 Å². The van der Waals surface area contributed by atoms with Gasteiger partial charge < -0.3 is 10.2 Å². The maximum absolute atomic E-state index is 13.0. The molecule has 0 radical (unpaired) electrons. The standard InChI is InChI=1S/C25H28Cl2N4O2/c1-16(2)30(24(33)17-6-8-18(26)9-7-17)15-23(32)28-22-14-21(25(3,4)5)29-31(22)20-12-10-19(27)11-13-20/h6-14,16H,15H2,1-5H3,(H,28,32). The molecule has 0 aliphatic carbocycles. The van der Waals surface area contributed by atoms with Crippen LogP contribution >= 0.6 is 23.2 Å². The lowest BCUT2D eigenvalue weighted by atomic mass is 9.92. The van der Waals surface area contributed by atoms with E-state index in [0.29, 0.717) is 21.4 Å². The second-order valence-corrected chi connectivity index (χ2v) is 10.0. The number of hydrogen-bond acceptors (Lipinski definition) is 3. The molecule has 0 aliphatic rings. The lowest BCUT2D eigenvalue weighted by molar-refractivity contribution is -0.117. The van der Waals surface area contributed by atoms with E-state index in [4.69, 9.17) is 28.3 Å². The summed E-state index contributed by atoms with van der Waals surface area (Å²) in [6.45, 7) is 9.80. The van der Waals surface area contributed by atoms with Gasteiger partial charge in [0.1, 0.15) is 12.4 Å². The molecular weight excluding hydrogens is 459 g/mol. The van der Waals surface area contributed by atoms with Gasteiger partial charge >= 0.3 is 0 Å². The maximum atomic E-state index is 13.0. The van der Waals surface area contributed by atoms with E-state index in [0.717, 1.165) is 11.4 Å². The highest BCUT2D eigenvalue weighted by molar-refractivity contribution is 6.30. The fourth-order valence-electron chi connectivity index (χ4n) is 3.20. The topological polar surface area (TPSA) is 67.2 Å². The fraction of sp³-hybridized carbons (Fsp3) is 0.320. The molecule has 0 saturated heterocycles. The Hall–Kier alpha value is -2.83. The summed E-state index contributed by atoms with van der Waals surface area (Å²) in [4.78, 5) is 27.6. The van der Waals surface area contributed by atoms with E-state index in [9.17, 15) is 9.59 Å². The van der Waals surface area contributed by atoms with E-state index in [1.807, 2.05) is 32.0 Å². The molecule has 174 valence electrons. The summed E-state index contributed by atoms with van der Waals surface area (Å²) in [5, 5.41) is 8.79. The second-order valence-electron chi connectivity index (χ2n) is 9.13. The third kappa shape index (κ3) is 6.15. The Labute approximate surface area is 204 Å². The lowest BCUT2D eigenvalue weighted by Crippen LogP contribution is -2.42. The summed E-state index contributed by atoms with van der Waals surface area (Å²) in [5.41, 5.74) is 1.85. The molecule has 2 aromatic carbocycles. The zero-order valence-electron chi connectivity index (χ0n) is 19.4. The SMILES string of the molecule is CC(C)N(CC(=O)Nc1cc(C(C)(C)C)nn1-c1ccc(Cl)cc1)C(=O)c1ccc(Cl)cc1. The Morgan fingerprint density at radius 2 is 1.55 bits per heavy atom. The predicted octanol–water partition coefficient (Wildman–Crippen LogP) is 5.97. The van der Waals surface area contributed by atoms with Gasteiger partial charge in [-0.1, -0.05) is 44.0 Å². The quantitative estimate of drug-likeness (QED) is 0.466. The summed E-state index contributed by atoms with van der Waals surface area (Å²) >= 11 is 12.0. The van der Waals surface area contributed by atoms with Gasteiger partial charge in [0.25, 0.3) is 5.91 Å². The molecule has 8 heteroatoms. The van der Waals surface area contributed by atoms with E-state index >= 15 is 0 Å². The summed E-state index contributed by atoms with van der Waals surface area (Å²) < 4.78 is 1.68. The zero-order chi connectivity index (χ0) is 24.3. The number of rotatable bonds is 6. The molecule has 6 nitrogen and oxygen atoms in total. The van der Waals surface area contributed by atoms with Gasteiger partial charge in [-0.05, 0) is 62.4 Å². The molecule has 0 aliphatic heterocycles. The van der Waals surface area contributed by atoms with Crippen LogP contribution in [0.3, 0.4) is 0 Å². The number of carbonyl (C=O) groups excluding carboxylic acids is 2. The highest BCUT2D eigenvalue weighted by atomic mass is 35.5. The summed E-state index contributed by atoms with van der Waals surface area (Å²) in [6, 6.07) is 15.5. The Bertz CT molecular complexity index is 1130. The zero-order valence-corrected chi connectivity index (χ0v) is 20.9. The molecular formula is C25H28Cl2N4O2. The number of halogens is 2. The van der Waals surface area contributed by atoms with Crippen LogP contribution in [0.5, 0.6) is 0 Å².